The molecule has 1 amide bonds. The molecule has 0 atom stereocenters. The van der Waals surface area contributed by atoms with Gasteiger partial charge in [-0.15, -0.1) is 0 Å². The number of amides is 1. The lowest BCUT2D eigenvalue weighted by Gasteiger charge is -2.01. The molecular formula is C9H9ClF3N3O2. The molecule has 0 spiro atoms. The predicted molar refractivity (Wildman–Crippen MR) is 56.0 cm³/mol. The molecule has 0 aliphatic carbocycles. The molecule has 1 heterocycles. The van der Waals surface area contributed by atoms with Crippen molar-refractivity contribution in [1.82, 2.24) is 15.5 Å². The summed E-state index contributed by atoms with van der Waals surface area (Å²) in [4.78, 5) is 21.7. The minimum absolute atomic E-state index is 0.0796. The van der Waals surface area contributed by atoms with Crippen molar-refractivity contribution < 1.29 is 22.8 Å². The molecule has 0 unspecified atom stereocenters. The highest BCUT2D eigenvalue weighted by Crippen LogP contribution is 2.27. The highest BCUT2D eigenvalue weighted by molar-refractivity contribution is 6.63. The van der Waals surface area contributed by atoms with Crippen molar-refractivity contribution in [3.63, 3.8) is 0 Å². The summed E-state index contributed by atoms with van der Waals surface area (Å²) in [5, 5.41) is 6.75. The van der Waals surface area contributed by atoms with E-state index in [1.165, 1.54) is 0 Å². The second-order valence-electron chi connectivity index (χ2n) is 3.38. The Morgan fingerprint density at radius 1 is 1.44 bits per heavy atom. The Morgan fingerprint density at radius 2 is 2.11 bits per heavy atom. The number of aromatic amines is 1. The second kappa shape index (κ2) is 5.85. The minimum atomic E-state index is -4.57. The largest absolute Gasteiger partial charge is 0.432 e. The molecule has 0 bridgehead atoms. The summed E-state index contributed by atoms with van der Waals surface area (Å²) in [6.07, 6.45) is -4.18. The van der Waals surface area contributed by atoms with Crippen LogP contribution in [-0.2, 0) is 11.0 Å². The van der Waals surface area contributed by atoms with Gasteiger partial charge < -0.3 is 5.32 Å². The number of hydrogen-bond acceptors (Lipinski definition) is 3. The number of nitrogens with zero attached hydrogens (tertiary/aromatic N) is 1. The summed E-state index contributed by atoms with van der Waals surface area (Å²) in [6.45, 7) is 0.130. The van der Waals surface area contributed by atoms with E-state index in [4.69, 9.17) is 11.6 Å². The minimum Gasteiger partial charge on any atom is -0.351 e. The molecule has 0 aliphatic rings. The molecule has 0 saturated heterocycles. The SMILES string of the molecule is O=C(Cl)CCCNC(=O)c1cc(C(F)(F)F)[nH]n1. The number of halogens is 4. The molecular weight excluding hydrogens is 275 g/mol. The lowest BCUT2D eigenvalue weighted by molar-refractivity contribution is -0.141. The van der Waals surface area contributed by atoms with E-state index < -0.39 is 23.0 Å². The molecule has 0 saturated carbocycles. The molecule has 1 aromatic heterocycles. The standard InChI is InChI=1S/C9H9ClF3N3O2/c10-7(17)2-1-3-14-8(18)5-4-6(16-15-5)9(11,12)13/h4H,1-3H2,(H,14,18)(H,15,16). The zero-order valence-corrected chi connectivity index (χ0v) is 9.73. The predicted octanol–water partition coefficient (Wildman–Crippen LogP) is 1.70. The average Bonchev–Trinajstić information content (AvgIpc) is 2.72. The number of aromatic nitrogens is 2. The molecule has 1 rings (SSSR count). The molecule has 2 N–H and O–H groups in total. The normalized spacial score (nSPS) is 11.3. The van der Waals surface area contributed by atoms with Crippen molar-refractivity contribution in [3.8, 4) is 0 Å². The van der Waals surface area contributed by atoms with Gasteiger partial charge in [-0.25, -0.2) is 0 Å². The maximum absolute atomic E-state index is 12.2. The van der Waals surface area contributed by atoms with Gasteiger partial charge in [-0.2, -0.15) is 18.3 Å². The lowest BCUT2D eigenvalue weighted by atomic mass is 10.3. The molecule has 0 radical (unpaired) electrons. The number of alkyl halides is 3. The average molecular weight is 284 g/mol. The van der Waals surface area contributed by atoms with Crippen molar-refractivity contribution in [1.29, 1.82) is 0 Å². The van der Waals surface area contributed by atoms with E-state index in [9.17, 15) is 22.8 Å². The van der Waals surface area contributed by atoms with E-state index in [2.05, 4.69) is 10.4 Å². The first-order chi connectivity index (χ1) is 8.30. The van der Waals surface area contributed by atoms with Gasteiger partial charge in [0.25, 0.3) is 5.91 Å². The Balaban J connectivity index is 2.47. The van der Waals surface area contributed by atoms with Gasteiger partial charge in [-0.3, -0.25) is 14.7 Å². The summed E-state index contributed by atoms with van der Waals surface area (Å²) >= 11 is 5.07. The highest BCUT2D eigenvalue weighted by Gasteiger charge is 2.33. The number of hydrogen-bond donors (Lipinski definition) is 2. The van der Waals surface area contributed by atoms with E-state index in [-0.39, 0.29) is 18.7 Å². The van der Waals surface area contributed by atoms with Crippen LogP contribution in [0.15, 0.2) is 6.07 Å². The molecule has 18 heavy (non-hydrogen) atoms. The van der Waals surface area contributed by atoms with Crippen LogP contribution in [0.4, 0.5) is 13.2 Å². The van der Waals surface area contributed by atoms with Gasteiger partial charge in [0, 0.05) is 19.0 Å². The Kier molecular flexibility index (Phi) is 4.71. The molecule has 1 aromatic rings. The van der Waals surface area contributed by atoms with Gasteiger partial charge in [-0.1, -0.05) is 0 Å². The lowest BCUT2D eigenvalue weighted by Crippen LogP contribution is -2.25. The van der Waals surface area contributed by atoms with E-state index in [0.29, 0.717) is 12.5 Å². The third-order valence-corrected chi connectivity index (χ3v) is 2.14. The van der Waals surface area contributed by atoms with Gasteiger partial charge in [0.05, 0.1) is 0 Å². The van der Waals surface area contributed by atoms with E-state index in [1.54, 1.807) is 5.10 Å². The van der Waals surface area contributed by atoms with Crippen LogP contribution in [0.5, 0.6) is 0 Å². The van der Waals surface area contributed by atoms with Crippen molar-refractivity contribution in [2.24, 2.45) is 0 Å². The second-order valence-corrected chi connectivity index (χ2v) is 3.80. The zero-order valence-electron chi connectivity index (χ0n) is 8.97. The van der Waals surface area contributed by atoms with Crippen molar-refractivity contribution in [3.05, 3.63) is 17.5 Å². The molecule has 5 nitrogen and oxygen atoms in total. The first kappa shape index (κ1) is 14.5. The summed E-state index contributed by atoms with van der Waals surface area (Å²) in [5.74, 6) is -0.747. The highest BCUT2D eigenvalue weighted by atomic mass is 35.5. The molecule has 9 heteroatoms. The fourth-order valence-electron chi connectivity index (χ4n) is 1.10. The number of carbonyl (C=O) groups is 2. The molecule has 0 aromatic carbocycles. The Bertz CT molecular complexity index is 445. The van der Waals surface area contributed by atoms with Crippen LogP contribution in [0.1, 0.15) is 29.0 Å². The van der Waals surface area contributed by atoms with Gasteiger partial charge >= 0.3 is 6.18 Å². The quantitative estimate of drug-likeness (QED) is 0.638. The van der Waals surface area contributed by atoms with Crippen molar-refractivity contribution >= 4 is 22.8 Å². The number of rotatable bonds is 5. The Hall–Kier alpha value is -1.57. The smallest absolute Gasteiger partial charge is 0.351 e. The van der Waals surface area contributed by atoms with Crippen LogP contribution < -0.4 is 5.32 Å². The topological polar surface area (TPSA) is 74.8 Å². The van der Waals surface area contributed by atoms with E-state index in [0.717, 1.165) is 0 Å². The summed E-state index contributed by atoms with van der Waals surface area (Å²) < 4.78 is 36.6. The Morgan fingerprint density at radius 3 is 2.61 bits per heavy atom. The summed E-state index contributed by atoms with van der Waals surface area (Å²) in [6, 6.07) is 0.613. The van der Waals surface area contributed by atoms with Gasteiger partial charge in [0.15, 0.2) is 5.69 Å². The number of nitrogens with one attached hydrogen (secondary N) is 2. The number of carbonyl (C=O) groups excluding carboxylic acids is 2. The molecule has 100 valence electrons. The fourth-order valence-corrected chi connectivity index (χ4v) is 1.24. The number of H-pyrrole nitrogens is 1. The van der Waals surface area contributed by atoms with Gasteiger partial charge in [0.2, 0.25) is 5.24 Å². The van der Waals surface area contributed by atoms with Crippen LogP contribution in [0.25, 0.3) is 0 Å². The van der Waals surface area contributed by atoms with E-state index in [1.807, 2.05) is 0 Å². The third kappa shape index (κ3) is 4.36. The van der Waals surface area contributed by atoms with Gasteiger partial charge in [0.1, 0.15) is 5.69 Å². The summed E-state index contributed by atoms with van der Waals surface area (Å²) in [5.41, 5.74) is -1.46. The van der Waals surface area contributed by atoms with Crippen molar-refractivity contribution in [2.45, 2.75) is 19.0 Å². The monoisotopic (exact) mass is 283 g/mol. The van der Waals surface area contributed by atoms with E-state index >= 15 is 0 Å². The fraction of sp³-hybridized carbons (Fsp3) is 0.444. The molecule has 0 aliphatic heterocycles. The maximum Gasteiger partial charge on any atom is 0.432 e. The van der Waals surface area contributed by atoms with Crippen molar-refractivity contribution in [2.75, 3.05) is 6.54 Å². The van der Waals surface area contributed by atoms with Crippen LogP contribution in [0.3, 0.4) is 0 Å². The Labute approximate surface area is 105 Å². The molecule has 0 fully saturated rings. The van der Waals surface area contributed by atoms with Crippen LogP contribution in [0.2, 0.25) is 0 Å². The zero-order chi connectivity index (χ0) is 13.8. The third-order valence-electron chi connectivity index (χ3n) is 1.95. The van der Waals surface area contributed by atoms with Gasteiger partial charge in [-0.05, 0) is 18.0 Å². The first-order valence-corrected chi connectivity index (χ1v) is 5.27. The summed E-state index contributed by atoms with van der Waals surface area (Å²) in [7, 11) is 0. The van der Waals surface area contributed by atoms with Crippen LogP contribution in [0, 0.1) is 0 Å². The maximum atomic E-state index is 12.2. The van der Waals surface area contributed by atoms with Crippen LogP contribution >= 0.6 is 11.6 Å². The first-order valence-electron chi connectivity index (χ1n) is 4.90. The van der Waals surface area contributed by atoms with Crippen LogP contribution in [-0.4, -0.2) is 27.9 Å².